The van der Waals surface area contributed by atoms with Crippen LogP contribution in [0, 0.1) is 0 Å². The molecule has 0 saturated carbocycles. The molecule has 1 N–H and O–H groups in total. The molecule has 0 atom stereocenters. The van der Waals surface area contributed by atoms with E-state index >= 15 is 0 Å². The van der Waals surface area contributed by atoms with Gasteiger partial charge in [-0.1, -0.05) is 5.16 Å². The molecule has 1 heterocycles. The number of aromatic nitrogens is 1. The van der Waals surface area contributed by atoms with Crippen molar-refractivity contribution < 1.29 is 14.4 Å². The van der Waals surface area contributed by atoms with Crippen LogP contribution in [0.4, 0.5) is 0 Å². The minimum absolute atomic E-state index is 0.0674. The molecule has 0 aromatic carbocycles. The fourth-order valence-electron chi connectivity index (χ4n) is 0.845. The molecule has 1 rings (SSSR count). The fourth-order valence-corrected chi connectivity index (χ4v) is 1.45. The summed E-state index contributed by atoms with van der Waals surface area (Å²) in [6.07, 6.45) is 0. The van der Waals surface area contributed by atoms with Crippen LogP contribution in [-0.4, -0.2) is 35.5 Å². The first kappa shape index (κ1) is 12.6. The first-order valence-corrected chi connectivity index (χ1v) is 5.56. The van der Waals surface area contributed by atoms with E-state index in [1.54, 1.807) is 5.38 Å². The predicted molar refractivity (Wildman–Crippen MR) is 59.5 cm³/mol. The monoisotopic (exact) mass is 261 g/mol. The van der Waals surface area contributed by atoms with Gasteiger partial charge in [0.1, 0.15) is 18.7 Å². The van der Waals surface area contributed by atoms with E-state index in [4.69, 9.17) is 11.6 Å². The lowest BCUT2D eigenvalue weighted by Gasteiger charge is -2.02. The molecule has 0 fully saturated rings. The van der Waals surface area contributed by atoms with E-state index in [2.05, 4.69) is 15.0 Å². The number of hydrogen-bond donors (Lipinski definition) is 1. The molecular formula is C8H8ClN3O3S. The van der Waals surface area contributed by atoms with Crippen molar-refractivity contribution in [3.05, 3.63) is 16.6 Å². The van der Waals surface area contributed by atoms with Crippen molar-refractivity contribution in [3.8, 4) is 0 Å². The molecule has 0 bridgehead atoms. The van der Waals surface area contributed by atoms with Gasteiger partial charge in [0, 0.05) is 5.38 Å². The number of oxime groups is 1. The van der Waals surface area contributed by atoms with Crippen LogP contribution < -0.4 is 5.32 Å². The molecule has 0 radical (unpaired) electrons. The summed E-state index contributed by atoms with van der Waals surface area (Å²) in [5.41, 5.74) is 1.81. The summed E-state index contributed by atoms with van der Waals surface area (Å²) in [5.74, 6) is -1.60. The van der Waals surface area contributed by atoms with Crippen molar-refractivity contribution in [2.24, 2.45) is 5.16 Å². The number of halogens is 1. The Hall–Kier alpha value is -1.47. The lowest BCUT2D eigenvalue weighted by molar-refractivity contribution is -0.125. The van der Waals surface area contributed by atoms with E-state index in [1.165, 1.54) is 24.0 Å². The van der Waals surface area contributed by atoms with Crippen molar-refractivity contribution in [2.45, 2.75) is 0 Å². The van der Waals surface area contributed by atoms with Crippen molar-refractivity contribution in [1.29, 1.82) is 0 Å². The minimum atomic E-state index is -0.696. The normalized spacial score (nSPS) is 11.0. The summed E-state index contributed by atoms with van der Waals surface area (Å²) in [7, 11) is 1.29. The highest BCUT2D eigenvalue weighted by atomic mass is 35.5. The van der Waals surface area contributed by atoms with E-state index in [9.17, 15) is 9.59 Å². The lowest BCUT2D eigenvalue weighted by atomic mass is 10.3. The largest absolute Gasteiger partial charge is 0.398 e. The zero-order chi connectivity index (χ0) is 12.0. The molecule has 1 aromatic rings. The van der Waals surface area contributed by atoms with Crippen LogP contribution in [0.15, 0.2) is 16.0 Å². The van der Waals surface area contributed by atoms with Crippen LogP contribution in [0.2, 0.25) is 0 Å². The van der Waals surface area contributed by atoms with Gasteiger partial charge in [0.15, 0.2) is 5.71 Å². The number of carbonyl (C=O) groups is 2. The molecule has 0 aliphatic carbocycles. The second-order valence-corrected chi connectivity index (χ2v) is 3.49. The third kappa shape index (κ3) is 3.28. The van der Waals surface area contributed by atoms with E-state index < -0.39 is 11.8 Å². The number of nitrogens with one attached hydrogen (secondary N) is 1. The Morgan fingerprint density at radius 2 is 2.44 bits per heavy atom. The number of hydrogen-bond acceptors (Lipinski definition) is 6. The Labute approximate surface area is 100 Å². The van der Waals surface area contributed by atoms with E-state index in [0.717, 1.165) is 0 Å². The first-order valence-electron chi connectivity index (χ1n) is 4.09. The Morgan fingerprint density at radius 1 is 1.69 bits per heavy atom. The molecular weight excluding hydrogens is 254 g/mol. The van der Waals surface area contributed by atoms with Gasteiger partial charge >= 0.3 is 0 Å². The van der Waals surface area contributed by atoms with Crippen molar-refractivity contribution in [1.82, 2.24) is 10.3 Å². The van der Waals surface area contributed by atoms with Crippen molar-refractivity contribution in [2.75, 3.05) is 13.0 Å². The minimum Gasteiger partial charge on any atom is -0.398 e. The van der Waals surface area contributed by atoms with E-state index in [0.29, 0.717) is 5.69 Å². The maximum Gasteiger partial charge on any atom is 0.282 e. The number of amides is 2. The van der Waals surface area contributed by atoms with Gasteiger partial charge in [-0.2, -0.15) is 0 Å². The molecule has 0 spiro atoms. The summed E-state index contributed by atoms with van der Waals surface area (Å²) < 4.78 is 0. The van der Waals surface area contributed by atoms with Crippen LogP contribution in [0.5, 0.6) is 0 Å². The second-order valence-electron chi connectivity index (χ2n) is 2.51. The Morgan fingerprint density at radius 3 is 2.94 bits per heavy atom. The zero-order valence-corrected chi connectivity index (χ0v) is 9.84. The average Bonchev–Trinajstić information content (AvgIpc) is 2.78. The Balaban J connectivity index is 2.84. The third-order valence-corrected chi connectivity index (χ3v) is 2.28. The summed E-state index contributed by atoms with van der Waals surface area (Å²) in [6.45, 7) is 0. The molecule has 1 aromatic heterocycles. The third-order valence-electron chi connectivity index (χ3n) is 1.45. The maximum atomic E-state index is 11.6. The highest BCUT2D eigenvalue weighted by Crippen LogP contribution is 2.03. The summed E-state index contributed by atoms with van der Waals surface area (Å²) >= 11 is 6.55. The molecule has 0 aliphatic heterocycles. The maximum absolute atomic E-state index is 11.6. The smallest absolute Gasteiger partial charge is 0.282 e. The van der Waals surface area contributed by atoms with Gasteiger partial charge in [-0.15, -0.1) is 22.9 Å². The molecule has 16 heavy (non-hydrogen) atoms. The highest BCUT2D eigenvalue weighted by molar-refractivity contribution is 7.07. The Bertz CT molecular complexity index is 405. The molecule has 2 amide bonds. The standard InChI is InChI=1S/C8H8ClN3O3S/c1-15-12-7(5-3-16-4-10-5)8(14)11-6(13)2-9/h3-4H,2H2,1H3,(H,11,13,14)/b12-7-. The fraction of sp³-hybridized carbons (Fsp3) is 0.250. The van der Waals surface area contributed by atoms with Gasteiger partial charge in [-0.25, -0.2) is 4.98 Å². The van der Waals surface area contributed by atoms with Crippen LogP contribution in [0.25, 0.3) is 0 Å². The van der Waals surface area contributed by atoms with E-state index in [-0.39, 0.29) is 11.6 Å². The van der Waals surface area contributed by atoms with Crippen molar-refractivity contribution in [3.63, 3.8) is 0 Å². The Kier molecular flexibility index (Phi) is 4.87. The predicted octanol–water partition coefficient (Wildman–Crippen LogP) is 0.375. The topological polar surface area (TPSA) is 80.6 Å². The average molecular weight is 262 g/mol. The summed E-state index contributed by atoms with van der Waals surface area (Å²) in [4.78, 5) is 30.9. The lowest BCUT2D eigenvalue weighted by Crippen LogP contribution is -2.37. The number of nitrogens with zero attached hydrogens (tertiary/aromatic N) is 2. The summed E-state index contributed by atoms with van der Waals surface area (Å²) in [6, 6.07) is 0. The van der Waals surface area contributed by atoms with Gasteiger partial charge in [-0.05, 0) is 0 Å². The highest BCUT2D eigenvalue weighted by Gasteiger charge is 2.18. The van der Waals surface area contributed by atoms with Crippen LogP contribution >= 0.6 is 22.9 Å². The molecule has 0 aliphatic rings. The SMILES string of the molecule is CO/N=C(\C(=O)NC(=O)CCl)c1cscn1. The zero-order valence-electron chi connectivity index (χ0n) is 8.27. The number of carbonyl (C=O) groups excluding carboxylic acids is 2. The number of rotatable bonds is 4. The number of thiazole rings is 1. The number of imide groups is 1. The van der Waals surface area contributed by atoms with Gasteiger partial charge in [-0.3, -0.25) is 14.9 Å². The van der Waals surface area contributed by atoms with Crippen LogP contribution in [0.3, 0.4) is 0 Å². The van der Waals surface area contributed by atoms with Gasteiger partial charge in [0.25, 0.3) is 5.91 Å². The molecule has 6 nitrogen and oxygen atoms in total. The molecule has 0 unspecified atom stereocenters. The van der Waals surface area contributed by atoms with Gasteiger partial charge in [0.2, 0.25) is 5.91 Å². The molecule has 0 saturated heterocycles. The van der Waals surface area contributed by atoms with Crippen LogP contribution in [-0.2, 0) is 14.4 Å². The van der Waals surface area contributed by atoms with E-state index in [1.807, 2.05) is 5.32 Å². The quantitative estimate of drug-likeness (QED) is 0.483. The first-order chi connectivity index (χ1) is 7.69. The van der Waals surface area contributed by atoms with Crippen LogP contribution in [0.1, 0.15) is 5.69 Å². The summed E-state index contributed by atoms with van der Waals surface area (Å²) in [5, 5.41) is 7.17. The second kappa shape index (κ2) is 6.19. The number of alkyl halides is 1. The van der Waals surface area contributed by atoms with Crippen molar-refractivity contribution >= 4 is 40.5 Å². The van der Waals surface area contributed by atoms with Gasteiger partial charge in [0.05, 0.1) is 5.51 Å². The molecule has 8 heteroatoms. The molecule has 86 valence electrons. The van der Waals surface area contributed by atoms with Gasteiger partial charge < -0.3 is 4.84 Å².